The lowest BCUT2D eigenvalue weighted by Gasteiger charge is -2.34. The van der Waals surface area contributed by atoms with E-state index in [2.05, 4.69) is 14.9 Å². The predicted octanol–water partition coefficient (Wildman–Crippen LogP) is 1.93. The highest BCUT2D eigenvalue weighted by Gasteiger charge is 2.30. The minimum Gasteiger partial charge on any atom is -0.481 e. The van der Waals surface area contributed by atoms with Gasteiger partial charge in [0.2, 0.25) is 5.88 Å². The second kappa shape index (κ2) is 7.27. The minimum absolute atomic E-state index is 0.428. The van der Waals surface area contributed by atoms with Gasteiger partial charge >= 0.3 is 0 Å². The molecule has 2 aromatic rings. The summed E-state index contributed by atoms with van der Waals surface area (Å²) in [6.07, 6.45) is 0.850. The number of rotatable bonds is 5. The molecule has 1 aliphatic heterocycles. The third-order valence-corrected chi connectivity index (χ3v) is 7.75. The van der Waals surface area contributed by atoms with Gasteiger partial charge < -0.3 is 9.64 Å². The van der Waals surface area contributed by atoms with Gasteiger partial charge in [-0.2, -0.15) is 9.29 Å². The SMILES string of the molecule is CCc1ccc(S(=O)(=O)N2CCN(c3cc(OC)nc(C)n3)CC2)s1. The number of piperazine rings is 1. The third kappa shape index (κ3) is 3.78. The first kappa shape index (κ1) is 18.1. The molecule has 9 heteroatoms. The zero-order valence-corrected chi connectivity index (χ0v) is 16.2. The summed E-state index contributed by atoms with van der Waals surface area (Å²) >= 11 is 1.36. The summed E-state index contributed by atoms with van der Waals surface area (Å²) in [5.41, 5.74) is 0. The van der Waals surface area contributed by atoms with E-state index in [1.165, 1.54) is 11.3 Å². The Balaban J connectivity index is 1.72. The maximum Gasteiger partial charge on any atom is 0.252 e. The molecule has 2 aromatic heterocycles. The molecule has 0 aliphatic carbocycles. The molecule has 0 atom stereocenters. The number of hydrogen-bond acceptors (Lipinski definition) is 7. The summed E-state index contributed by atoms with van der Waals surface area (Å²) in [4.78, 5) is 11.8. The number of nitrogens with zero attached hydrogens (tertiary/aromatic N) is 4. The van der Waals surface area contributed by atoms with Crippen LogP contribution in [-0.2, 0) is 16.4 Å². The van der Waals surface area contributed by atoms with Crippen LogP contribution in [0.5, 0.6) is 5.88 Å². The van der Waals surface area contributed by atoms with Gasteiger partial charge in [-0.3, -0.25) is 0 Å². The van der Waals surface area contributed by atoms with E-state index >= 15 is 0 Å². The number of ether oxygens (including phenoxy) is 1. The van der Waals surface area contributed by atoms with Crippen LogP contribution in [0.15, 0.2) is 22.4 Å². The highest BCUT2D eigenvalue weighted by Crippen LogP contribution is 2.27. The molecule has 0 amide bonds. The highest BCUT2D eigenvalue weighted by atomic mass is 32.2. The standard InChI is InChI=1S/C16H22N4O3S2/c1-4-13-5-6-16(24-13)25(21,22)20-9-7-19(8-10-20)14-11-15(23-3)18-12(2)17-14/h5-6,11H,4,7-10H2,1-3H3. The van der Waals surface area contributed by atoms with Crippen molar-refractivity contribution in [2.45, 2.75) is 24.5 Å². The van der Waals surface area contributed by atoms with Crippen LogP contribution in [0.1, 0.15) is 17.6 Å². The van der Waals surface area contributed by atoms with E-state index in [1.807, 2.05) is 19.9 Å². The maximum atomic E-state index is 12.8. The molecule has 25 heavy (non-hydrogen) atoms. The molecule has 0 bridgehead atoms. The fraction of sp³-hybridized carbons (Fsp3) is 0.500. The molecule has 3 heterocycles. The Hall–Kier alpha value is -1.71. The van der Waals surface area contributed by atoms with Gasteiger partial charge in [-0.05, 0) is 25.5 Å². The van der Waals surface area contributed by atoms with E-state index in [1.54, 1.807) is 23.5 Å². The first-order valence-corrected chi connectivity index (χ1v) is 10.4. The Bertz CT molecular complexity index is 843. The normalized spacial score (nSPS) is 16.2. The Morgan fingerprint density at radius 2 is 1.92 bits per heavy atom. The van der Waals surface area contributed by atoms with Crippen molar-refractivity contribution >= 4 is 27.2 Å². The van der Waals surface area contributed by atoms with Gasteiger partial charge in [0.25, 0.3) is 10.0 Å². The van der Waals surface area contributed by atoms with Crippen LogP contribution in [0, 0.1) is 6.92 Å². The Labute approximate surface area is 152 Å². The Morgan fingerprint density at radius 3 is 2.52 bits per heavy atom. The molecule has 136 valence electrons. The lowest BCUT2D eigenvalue weighted by molar-refractivity contribution is 0.381. The second-order valence-corrected chi connectivity index (χ2v) is 9.11. The topological polar surface area (TPSA) is 75.6 Å². The summed E-state index contributed by atoms with van der Waals surface area (Å²) in [6, 6.07) is 5.39. The molecule has 0 N–H and O–H groups in total. The number of hydrogen-bond donors (Lipinski definition) is 0. The molecule has 0 unspecified atom stereocenters. The van der Waals surface area contributed by atoms with Crippen LogP contribution in [0.2, 0.25) is 0 Å². The molecule has 1 saturated heterocycles. The van der Waals surface area contributed by atoms with Gasteiger partial charge in [-0.25, -0.2) is 13.4 Å². The molecule has 7 nitrogen and oxygen atoms in total. The molecule has 0 aromatic carbocycles. The van der Waals surface area contributed by atoms with Gasteiger partial charge in [-0.15, -0.1) is 11.3 Å². The Morgan fingerprint density at radius 1 is 1.20 bits per heavy atom. The average Bonchev–Trinajstić information content (AvgIpc) is 3.11. The molecule has 0 spiro atoms. The van der Waals surface area contributed by atoms with Gasteiger partial charge in [0.1, 0.15) is 15.9 Å². The molecule has 3 rings (SSSR count). The fourth-order valence-electron chi connectivity index (χ4n) is 2.76. The fourth-order valence-corrected chi connectivity index (χ4v) is 5.64. The zero-order valence-electron chi connectivity index (χ0n) is 14.6. The smallest absolute Gasteiger partial charge is 0.252 e. The lowest BCUT2D eigenvalue weighted by Crippen LogP contribution is -2.48. The molecule has 1 aliphatic rings. The van der Waals surface area contributed by atoms with E-state index in [9.17, 15) is 8.42 Å². The highest BCUT2D eigenvalue weighted by molar-refractivity contribution is 7.91. The van der Waals surface area contributed by atoms with Crippen molar-refractivity contribution in [3.63, 3.8) is 0 Å². The number of aromatic nitrogens is 2. The van der Waals surface area contributed by atoms with Gasteiger partial charge in [0, 0.05) is 37.1 Å². The van der Waals surface area contributed by atoms with E-state index in [-0.39, 0.29) is 0 Å². The Kier molecular flexibility index (Phi) is 5.26. The zero-order chi connectivity index (χ0) is 18.0. The number of anilines is 1. The first-order chi connectivity index (χ1) is 11.9. The summed E-state index contributed by atoms with van der Waals surface area (Å²) in [5, 5.41) is 0. The van der Waals surface area contributed by atoms with Crippen molar-refractivity contribution in [2.24, 2.45) is 0 Å². The molecule has 0 saturated carbocycles. The third-order valence-electron chi connectivity index (χ3n) is 4.15. The van der Waals surface area contributed by atoms with E-state index < -0.39 is 10.0 Å². The van der Waals surface area contributed by atoms with Crippen LogP contribution >= 0.6 is 11.3 Å². The lowest BCUT2D eigenvalue weighted by atomic mass is 10.3. The molecular weight excluding hydrogens is 360 g/mol. The van der Waals surface area contributed by atoms with Crippen LogP contribution in [0.25, 0.3) is 0 Å². The maximum absolute atomic E-state index is 12.8. The van der Waals surface area contributed by atoms with Crippen molar-refractivity contribution in [3.8, 4) is 5.88 Å². The van der Waals surface area contributed by atoms with Crippen molar-refractivity contribution in [3.05, 3.63) is 28.9 Å². The summed E-state index contributed by atoms with van der Waals surface area (Å²) in [6.45, 7) is 5.89. The molecule has 1 fully saturated rings. The summed E-state index contributed by atoms with van der Waals surface area (Å²) in [7, 11) is -1.84. The van der Waals surface area contributed by atoms with E-state index in [0.29, 0.717) is 42.1 Å². The quantitative estimate of drug-likeness (QED) is 0.787. The van der Waals surface area contributed by atoms with Crippen molar-refractivity contribution < 1.29 is 13.2 Å². The van der Waals surface area contributed by atoms with E-state index in [0.717, 1.165) is 17.1 Å². The minimum atomic E-state index is -3.41. The van der Waals surface area contributed by atoms with Crippen molar-refractivity contribution in [1.29, 1.82) is 0 Å². The summed E-state index contributed by atoms with van der Waals surface area (Å²) < 4.78 is 32.7. The monoisotopic (exact) mass is 382 g/mol. The van der Waals surface area contributed by atoms with Crippen LogP contribution < -0.4 is 9.64 Å². The van der Waals surface area contributed by atoms with Crippen LogP contribution in [0.4, 0.5) is 5.82 Å². The predicted molar refractivity (Wildman–Crippen MR) is 98.0 cm³/mol. The van der Waals surface area contributed by atoms with Crippen LogP contribution in [-0.4, -0.2) is 56.0 Å². The van der Waals surface area contributed by atoms with Crippen LogP contribution in [0.3, 0.4) is 0 Å². The van der Waals surface area contributed by atoms with E-state index in [4.69, 9.17) is 4.74 Å². The van der Waals surface area contributed by atoms with Crippen molar-refractivity contribution in [1.82, 2.24) is 14.3 Å². The van der Waals surface area contributed by atoms with Crippen molar-refractivity contribution in [2.75, 3.05) is 38.2 Å². The summed E-state index contributed by atoms with van der Waals surface area (Å²) in [5.74, 6) is 1.92. The number of aryl methyl sites for hydroxylation is 2. The van der Waals surface area contributed by atoms with Gasteiger partial charge in [0.05, 0.1) is 7.11 Å². The first-order valence-electron chi connectivity index (χ1n) is 8.17. The number of sulfonamides is 1. The largest absolute Gasteiger partial charge is 0.481 e. The molecule has 0 radical (unpaired) electrons. The molecular formula is C16H22N4O3S2. The van der Waals surface area contributed by atoms with Gasteiger partial charge in [-0.1, -0.05) is 6.92 Å². The number of thiophene rings is 1. The average molecular weight is 383 g/mol. The second-order valence-electron chi connectivity index (χ2n) is 5.78. The van der Waals surface area contributed by atoms with Gasteiger partial charge in [0.15, 0.2) is 0 Å². The number of methoxy groups -OCH3 is 1.